The first-order valence-corrected chi connectivity index (χ1v) is 8.70. The Balaban J connectivity index is 1.34. The van der Waals surface area contributed by atoms with Crippen LogP contribution >= 0.6 is 0 Å². The summed E-state index contributed by atoms with van der Waals surface area (Å²) in [5, 5.41) is 2.88. The number of aromatic nitrogens is 2. The van der Waals surface area contributed by atoms with E-state index in [1.807, 2.05) is 24.5 Å². The largest absolute Gasteiger partial charge is 0.461 e. The molecule has 1 amide bonds. The van der Waals surface area contributed by atoms with Crippen LogP contribution in [0.15, 0.2) is 35.2 Å². The van der Waals surface area contributed by atoms with Gasteiger partial charge in [0.25, 0.3) is 0 Å². The monoisotopic (exact) mass is 342 g/mol. The Bertz CT molecular complexity index is 706. The van der Waals surface area contributed by atoms with Gasteiger partial charge in [0.1, 0.15) is 0 Å². The van der Waals surface area contributed by atoms with Crippen LogP contribution in [0.2, 0.25) is 0 Å². The van der Waals surface area contributed by atoms with E-state index >= 15 is 0 Å². The minimum Gasteiger partial charge on any atom is -0.461 e. The van der Waals surface area contributed by atoms with Gasteiger partial charge in [-0.05, 0) is 25.0 Å². The van der Waals surface area contributed by atoms with E-state index in [4.69, 9.17) is 9.15 Å². The minimum absolute atomic E-state index is 0.105. The quantitative estimate of drug-likeness (QED) is 0.913. The molecule has 4 heterocycles. The van der Waals surface area contributed by atoms with E-state index in [-0.39, 0.29) is 11.5 Å². The number of ether oxygens (including phenoxy) is 1. The van der Waals surface area contributed by atoms with Crippen molar-refractivity contribution >= 4 is 5.91 Å². The number of hydrogen-bond donors (Lipinski definition) is 1. The highest BCUT2D eigenvalue weighted by molar-refractivity contribution is 5.77. The molecule has 132 valence electrons. The maximum Gasteiger partial charge on any atom is 0.222 e. The fourth-order valence-electron chi connectivity index (χ4n) is 3.53. The first-order chi connectivity index (χ1) is 12.2. The van der Waals surface area contributed by atoms with E-state index in [0.29, 0.717) is 31.2 Å². The van der Waals surface area contributed by atoms with E-state index in [9.17, 15) is 4.79 Å². The van der Waals surface area contributed by atoms with Crippen molar-refractivity contribution in [3.63, 3.8) is 0 Å². The van der Waals surface area contributed by atoms with Crippen molar-refractivity contribution in [2.24, 2.45) is 0 Å². The lowest BCUT2D eigenvalue weighted by atomic mass is 9.87. The molecule has 2 aliphatic heterocycles. The van der Waals surface area contributed by atoms with Crippen LogP contribution in [-0.4, -0.2) is 52.6 Å². The molecule has 7 heteroatoms. The van der Waals surface area contributed by atoms with Crippen molar-refractivity contribution in [1.82, 2.24) is 20.2 Å². The number of rotatable bonds is 3. The van der Waals surface area contributed by atoms with Crippen molar-refractivity contribution in [1.29, 1.82) is 0 Å². The second-order valence-electron chi connectivity index (χ2n) is 6.73. The number of piperidine rings is 1. The molecule has 1 N–H and O–H groups in total. The van der Waals surface area contributed by atoms with Crippen LogP contribution in [0.5, 0.6) is 0 Å². The minimum atomic E-state index is -0.281. The molecule has 2 aliphatic rings. The summed E-state index contributed by atoms with van der Waals surface area (Å²) in [5.74, 6) is 1.38. The molecule has 0 radical (unpaired) electrons. The van der Waals surface area contributed by atoms with Crippen molar-refractivity contribution in [2.75, 3.05) is 26.2 Å². The highest BCUT2D eigenvalue weighted by atomic mass is 16.5. The van der Waals surface area contributed by atoms with Crippen molar-refractivity contribution in [3.8, 4) is 11.6 Å². The highest BCUT2D eigenvalue weighted by Crippen LogP contribution is 2.31. The molecule has 25 heavy (non-hydrogen) atoms. The lowest BCUT2D eigenvalue weighted by Crippen LogP contribution is -2.46. The van der Waals surface area contributed by atoms with E-state index in [1.165, 1.54) is 0 Å². The molecule has 0 atom stereocenters. The van der Waals surface area contributed by atoms with Crippen molar-refractivity contribution in [3.05, 3.63) is 36.4 Å². The topological polar surface area (TPSA) is 80.5 Å². The molecule has 0 aliphatic carbocycles. The molecule has 2 saturated heterocycles. The summed E-state index contributed by atoms with van der Waals surface area (Å²) < 4.78 is 11.3. The summed E-state index contributed by atoms with van der Waals surface area (Å²) in [6, 6.07) is 3.67. The zero-order valence-electron chi connectivity index (χ0n) is 14.1. The van der Waals surface area contributed by atoms with Crippen molar-refractivity contribution < 1.29 is 13.9 Å². The van der Waals surface area contributed by atoms with Crippen LogP contribution < -0.4 is 5.32 Å². The molecule has 0 aromatic carbocycles. The Morgan fingerprint density at radius 3 is 2.76 bits per heavy atom. The van der Waals surface area contributed by atoms with Gasteiger partial charge in [0.15, 0.2) is 11.6 Å². The van der Waals surface area contributed by atoms with Crippen LogP contribution in [0.25, 0.3) is 11.6 Å². The van der Waals surface area contributed by atoms with Gasteiger partial charge in [0.2, 0.25) is 5.91 Å². The maximum absolute atomic E-state index is 11.8. The number of nitrogens with zero attached hydrogens (tertiary/aromatic N) is 3. The van der Waals surface area contributed by atoms with E-state index < -0.39 is 0 Å². The summed E-state index contributed by atoms with van der Waals surface area (Å²) in [7, 11) is 0. The fraction of sp³-hybridized carbons (Fsp3) is 0.500. The molecule has 4 rings (SSSR count). The number of furan rings is 1. The van der Waals surface area contributed by atoms with Crippen LogP contribution in [0.4, 0.5) is 0 Å². The Morgan fingerprint density at radius 2 is 2.04 bits per heavy atom. The number of likely N-dealkylation sites (tertiary alicyclic amines) is 1. The molecule has 2 fully saturated rings. The number of carbonyl (C=O) groups excluding carboxylic acids is 1. The zero-order valence-corrected chi connectivity index (χ0v) is 14.1. The molecule has 7 nitrogen and oxygen atoms in total. The SMILES string of the molecule is O=C1CC2(CCN(Cc3cnc(-c4ccco4)nc3)CC2)OCCN1. The predicted octanol–water partition coefficient (Wildman–Crippen LogP) is 1.61. The molecular formula is C18H22N4O3. The van der Waals surface area contributed by atoms with E-state index in [2.05, 4.69) is 20.2 Å². The number of carbonyl (C=O) groups is 1. The third-order valence-electron chi connectivity index (χ3n) is 4.94. The first-order valence-electron chi connectivity index (χ1n) is 8.70. The van der Waals surface area contributed by atoms with Gasteiger partial charge in [-0.2, -0.15) is 0 Å². The van der Waals surface area contributed by atoms with Gasteiger partial charge in [-0.3, -0.25) is 9.69 Å². The highest BCUT2D eigenvalue weighted by Gasteiger charge is 2.38. The smallest absolute Gasteiger partial charge is 0.222 e. The van der Waals surface area contributed by atoms with E-state index in [1.54, 1.807) is 6.26 Å². The van der Waals surface area contributed by atoms with Crippen LogP contribution in [0.1, 0.15) is 24.8 Å². The number of nitrogens with one attached hydrogen (secondary N) is 1. The van der Waals surface area contributed by atoms with Gasteiger partial charge in [-0.15, -0.1) is 0 Å². The Morgan fingerprint density at radius 1 is 1.24 bits per heavy atom. The lowest BCUT2D eigenvalue weighted by Gasteiger charge is -2.40. The molecule has 1 spiro atoms. The van der Waals surface area contributed by atoms with Crippen LogP contribution in [0, 0.1) is 0 Å². The predicted molar refractivity (Wildman–Crippen MR) is 90.6 cm³/mol. The van der Waals surface area contributed by atoms with Gasteiger partial charge in [-0.1, -0.05) is 0 Å². The third kappa shape index (κ3) is 3.72. The summed E-state index contributed by atoms with van der Waals surface area (Å²) in [5.41, 5.74) is 0.794. The van der Waals surface area contributed by atoms with Gasteiger partial charge in [0, 0.05) is 44.1 Å². The summed E-state index contributed by atoms with van der Waals surface area (Å²) in [6.45, 7) is 3.85. The molecular weight excluding hydrogens is 320 g/mol. The second-order valence-corrected chi connectivity index (χ2v) is 6.73. The van der Waals surface area contributed by atoms with Crippen LogP contribution in [0.3, 0.4) is 0 Å². The van der Waals surface area contributed by atoms with Gasteiger partial charge in [0.05, 0.1) is 24.9 Å². The average molecular weight is 342 g/mol. The average Bonchev–Trinajstić information content (AvgIpc) is 3.10. The summed E-state index contributed by atoms with van der Waals surface area (Å²) >= 11 is 0. The van der Waals surface area contributed by atoms with Crippen molar-refractivity contribution in [2.45, 2.75) is 31.4 Å². The lowest BCUT2D eigenvalue weighted by molar-refractivity contribution is -0.128. The summed E-state index contributed by atoms with van der Waals surface area (Å²) in [4.78, 5) is 23.0. The third-order valence-corrected chi connectivity index (χ3v) is 4.94. The molecule has 2 aromatic heterocycles. The normalized spacial score (nSPS) is 21.0. The van der Waals surface area contributed by atoms with E-state index in [0.717, 1.165) is 38.0 Å². The Kier molecular flexibility index (Phi) is 4.50. The first kappa shape index (κ1) is 16.2. The summed E-state index contributed by atoms with van der Waals surface area (Å²) in [6.07, 6.45) is 7.56. The molecule has 2 aromatic rings. The number of hydrogen-bond acceptors (Lipinski definition) is 6. The molecule has 0 saturated carbocycles. The number of amides is 1. The standard InChI is InChI=1S/C18H22N4O3/c23-16-10-18(25-9-5-19-16)3-6-22(7-4-18)13-14-11-20-17(21-12-14)15-2-1-8-24-15/h1-2,8,11-12H,3-7,9-10,13H2,(H,19,23). The fourth-order valence-corrected chi connectivity index (χ4v) is 3.53. The van der Waals surface area contributed by atoms with Gasteiger partial charge < -0.3 is 14.5 Å². The van der Waals surface area contributed by atoms with Gasteiger partial charge in [-0.25, -0.2) is 9.97 Å². The Labute approximate surface area is 146 Å². The van der Waals surface area contributed by atoms with Gasteiger partial charge >= 0.3 is 0 Å². The maximum atomic E-state index is 11.8. The second kappa shape index (κ2) is 6.93. The molecule has 0 unspecified atom stereocenters. The zero-order chi connectivity index (χ0) is 17.1. The Hall–Kier alpha value is -2.25. The van der Waals surface area contributed by atoms with Crippen LogP contribution in [-0.2, 0) is 16.1 Å². The molecule has 0 bridgehead atoms.